The third-order valence-corrected chi connectivity index (χ3v) is 4.34. The highest BCUT2D eigenvalue weighted by Crippen LogP contribution is 2.40. The maximum absolute atomic E-state index is 12.3. The van der Waals surface area contributed by atoms with Crippen molar-refractivity contribution in [2.75, 3.05) is 17.7 Å². The number of ether oxygens (including phenoxy) is 1. The van der Waals surface area contributed by atoms with Gasteiger partial charge in [0.25, 0.3) is 0 Å². The summed E-state index contributed by atoms with van der Waals surface area (Å²) in [6, 6.07) is 13.3. The summed E-state index contributed by atoms with van der Waals surface area (Å²) in [6.45, 7) is 0. The van der Waals surface area contributed by atoms with E-state index in [1.54, 1.807) is 42.5 Å². The third kappa shape index (κ3) is 4.21. The Morgan fingerprint density at radius 3 is 2.12 bits per heavy atom. The minimum atomic E-state index is -0.480. The van der Waals surface area contributed by atoms with Crippen molar-refractivity contribution < 1.29 is 19.1 Å². The van der Waals surface area contributed by atoms with Crippen molar-refractivity contribution in [3.63, 3.8) is 0 Å². The van der Waals surface area contributed by atoms with E-state index in [2.05, 4.69) is 15.4 Å². The number of esters is 1. The Morgan fingerprint density at radius 2 is 1.54 bits per heavy atom. The number of nitrogens with one attached hydrogen (secondary N) is 2. The minimum absolute atomic E-state index is 0.212. The number of carbonyl (C=O) groups is 3. The van der Waals surface area contributed by atoms with E-state index >= 15 is 0 Å². The average molecular weight is 373 g/mol. The first-order chi connectivity index (χ1) is 12.5. The Bertz CT molecular complexity index is 868. The molecule has 2 amide bonds. The number of amides is 2. The Balaban J connectivity index is 1.57. The molecule has 1 fully saturated rings. The van der Waals surface area contributed by atoms with Gasteiger partial charge in [-0.05, 0) is 42.8 Å². The molecule has 0 radical (unpaired) electrons. The smallest absolute Gasteiger partial charge is 0.337 e. The van der Waals surface area contributed by atoms with Gasteiger partial charge in [-0.15, -0.1) is 0 Å². The molecule has 7 heteroatoms. The zero-order chi connectivity index (χ0) is 18.7. The quantitative estimate of drug-likeness (QED) is 0.788. The Morgan fingerprint density at radius 1 is 0.962 bits per heavy atom. The largest absolute Gasteiger partial charge is 0.465 e. The lowest BCUT2D eigenvalue weighted by Gasteiger charge is -2.07. The second-order valence-electron chi connectivity index (χ2n) is 6.01. The predicted molar refractivity (Wildman–Crippen MR) is 98.1 cm³/mol. The molecule has 2 aromatic rings. The fourth-order valence-corrected chi connectivity index (χ4v) is 2.84. The van der Waals surface area contributed by atoms with Gasteiger partial charge in [-0.25, -0.2) is 4.79 Å². The zero-order valence-corrected chi connectivity index (χ0v) is 14.7. The molecule has 6 nitrogen and oxygen atoms in total. The average Bonchev–Trinajstić information content (AvgIpc) is 3.42. The van der Waals surface area contributed by atoms with Crippen molar-refractivity contribution in [1.29, 1.82) is 0 Å². The number of halogens is 1. The van der Waals surface area contributed by atoms with Crippen LogP contribution in [0.25, 0.3) is 0 Å². The summed E-state index contributed by atoms with van der Waals surface area (Å²) in [4.78, 5) is 36.1. The summed E-state index contributed by atoms with van der Waals surface area (Å²) >= 11 is 5.89. The monoisotopic (exact) mass is 372 g/mol. The van der Waals surface area contributed by atoms with Crippen LogP contribution in [0, 0.1) is 11.8 Å². The molecule has 3 rings (SSSR count). The first-order valence-electron chi connectivity index (χ1n) is 8.03. The van der Waals surface area contributed by atoms with Crippen LogP contribution >= 0.6 is 11.6 Å². The van der Waals surface area contributed by atoms with Gasteiger partial charge in [-0.2, -0.15) is 0 Å². The van der Waals surface area contributed by atoms with Crippen molar-refractivity contribution in [3.05, 3.63) is 59.1 Å². The third-order valence-electron chi connectivity index (χ3n) is 4.11. The summed E-state index contributed by atoms with van der Waals surface area (Å²) in [5.41, 5.74) is 1.43. The van der Waals surface area contributed by atoms with Crippen molar-refractivity contribution >= 4 is 40.8 Å². The molecular formula is C19H17ClN2O4. The second kappa shape index (κ2) is 7.58. The fourth-order valence-electron chi connectivity index (χ4n) is 2.65. The summed E-state index contributed by atoms with van der Waals surface area (Å²) in [6.07, 6.45) is 0.481. The number of benzene rings is 2. The molecule has 0 aliphatic heterocycles. The van der Waals surface area contributed by atoms with E-state index in [1.165, 1.54) is 13.2 Å². The van der Waals surface area contributed by atoms with E-state index in [9.17, 15) is 14.4 Å². The molecule has 0 saturated heterocycles. The number of methoxy groups -OCH3 is 1. The van der Waals surface area contributed by atoms with E-state index in [0.29, 0.717) is 28.4 Å². The summed E-state index contributed by atoms with van der Waals surface area (Å²) in [7, 11) is 1.29. The Hall–Kier alpha value is -2.86. The van der Waals surface area contributed by atoms with Crippen LogP contribution in [0.1, 0.15) is 16.8 Å². The van der Waals surface area contributed by atoms with Gasteiger partial charge in [0.2, 0.25) is 11.8 Å². The number of anilines is 2. The second-order valence-corrected chi connectivity index (χ2v) is 6.45. The molecule has 2 atom stereocenters. The van der Waals surface area contributed by atoms with Crippen molar-refractivity contribution in [2.45, 2.75) is 6.42 Å². The minimum Gasteiger partial charge on any atom is -0.465 e. The highest BCUT2D eigenvalue weighted by atomic mass is 35.5. The molecule has 2 unspecified atom stereocenters. The van der Waals surface area contributed by atoms with Gasteiger partial charge in [-0.3, -0.25) is 9.59 Å². The molecule has 1 aliphatic carbocycles. The van der Waals surface area contributed by atoms with E-state index < -0.39 is 11.9 Å². The van der Waals surface area contributed by atoms with Gasteiger partial charge in [-0.1, -0.05) is 23.7 Å². The standard InChI is InChI=1S/C19H17ClN2O4/c1-26-19(25)11-4-2-6-13(8-11)21-17(23)15-10-16(15)18(24)22-14-7-3-5-12(20)9-14/h2-9,15-16H,10H2,1H3,(H,21,23)(H,22,24). The molecule has 2 N–H and O–H groups in total. The summed E-state index contributed by atoms with van der Waals surface area (Å²) < 4.78 is 4.66. The van der Waals surface area contributed by atoms with Crippen LogP contribution in [0.3, 0.4) is 0 Å². The topological polar surface area (TPSA) is 84.5 Å². The van der Waals surface area contributed by atoms with Gasteiger partial charge in [0.05, 0.1) is 24.5 Å². The molecule has 26 heavy (non-hydrogen) atoms. The molecule has 0 spiro atoms. The fraction of sp³-hybridized carbons (Fsp3) is 0.211. The first kappa shape index (κ1) is 17.9. The number of carbonyl (C=O) groups excluding carboxylic acids is 3. The number of hydrogen-bond acceptors (Lipinski definition) is 4. The zero-order valence-electron chi connectivity index (χ0n) is 14.0. The first-order valence-corrected chi connectivity index (χ1v) is 8.41. The van der Waals surface area contributed by atoms with Gasteiger partial charge >= 0.3 is 5.97 Å². The van der Waals surface area contributed by atoms with Crippen molar-refractivity contribution in [3.8, 4) is 0 Å². The van der Waals surface area contributed by atoms with E-state index in [0.717, 1.165) is 0 Å². The normalized spacial score (nSPS) is 17.9. The molecule has 0 bridgehead atoms. The molecular weight excluding hydrogens is 356 g/mol. The lowest BCUT2D eigenvalue weighted by Crippen LogP contribution is -2.20. The maximum atomic E-state index is 12.3. The van der Waals surface area contributed by atoms with Gasteiger partial charge in [0.15, 0.2) is 0 Å². The summed E-state index contributed by atoms with van der Waals surface area (Å²) in [5.74, 6) is -1.71. The van der Waals surface area contributed by atoms with Crippen LogP contribution in [0.2, 0.25) is 5.02 Å². The highest BCUT2D eigenvalue weighted by molar-refractivity contribution is 6.30. The molecule has 1 aliphatic rings. The SMILES string of the molecule is COC(=O)c1cccc(NC(=O)C2CC2C(=O)Nc2cccc(Cl)c2)c1. The van der Waals surface area contributed by atoms with E-state index in [-0.39, 0.29) is 17.7 Å². The Kier molecular flexibility index (Phi) is 5.23. The van der Waals surface area contributed by atoms with E-state index in [1.807, 2.05) is 0 Å². The lowest BCUT2D eigenvalue weighted by atomic mass is 10.2. The molecule has 0 heterocycles. The van der Waals surface area contributed by atoms with Gasteiger partial charge < -0.3 is 15.4 Å². The van der Waals surface area contributed by atoms with Crippen molar-refractivity contribution in [1.82, 2.24) is 0 Å². The molecule has 0 aromatic heterocycles. The van der Waals surface area contributed by atoms with Crippen LogP contribution in [-0.4, -0.2) is 24.9 Å². The molecule has 1 saturated carbocycles. The number of hydrogen-bond donors (Lipinski definition) is 2. The predicted octanol–water partition coefficient (Wildman–Crippen LogP) is 3.34. The van der Waals surface area contributed by atoms with Gasteiger partial charge in [0.1, 0.15) is 0 Å². The van der Waals surface area contributed by atoms with Crippen LogP contribution in [-0.2, 0) is 14.3 Å². The number of rotatable bonds is 5. The van der Waals surface area contributed by atoms with Gasteiger partial charge in [0, 0.05) is 16.4 Å². The van der Waals surface area contributed by atoms with E-state index in [4.69, 9.17) is 11.6 Å². The van der Waals surface area contributed by atoms with Crippen LogP contribution in [0.15, 0.2) is 48.5 Å². The molecule has 134 valence electrons. The lowest BCUT2D eigenvalue weighted by molar-refractivity contribution is -0.122. The van der Waals surface area contributed by atoms with Crippen molar-refractivity contribution in [2.24, 2.45) is 11.8 Å². The maximum Gasteiger partial charge on any atom is 0.337 e. The van der Waals surface area contributed by atoms with Crippen LogP contribution in [0.5, 0.6) is 0 Å². The molecule has 2 aromatic carbocycles. The van der Waals surface area contributed by atoms with Crippen LogP contribution in [0.4, 0.5) is 11.4 Å². The van der Waals surface area contributed by atoms with Crippen LogP contribution < -0.4 is 10.6 Å². The highest BCUT2D eigenvalue weighted by Gasteiger charge is 2.48. The summed E-state index contributed by atoms with van der Waals surface area (Å²) in [5, 5.41) is 6.02. The Labute approximate surface area is 155 Å².